The van der Waals surface area contributed by atoms with Crippen molar-refractivity contribution < 1.29 is 42.1 Å². The van der Waals surface area contributed by atoms with Crippen molar-refractivity contribution in [3.8, 4) is 0 Å². The summed E-state index contributed by atoms with van der Waals surface area (Å²) in [5, 5.41) is 18.8. The number of rotatable bonds is 6. The Morgan fingerprint density at radius 1 is 1.17 bits per heavy atom. The van der Waals surface area contributed by atoms with Crippen molar-refractivity contribution in [2.24, 2.45) is 0 Å². The van der Waals surface area contributed by atoms with Gasteiger partial charge in [0, 0.05) is 0 Å². The molecule has 9 atom stereocenters. The Morgan fingerprint density at radius 2 is 1.74 bits per heavy atom. The minimum atomic E-state index is -4.02. The van der Waals surface area contributed by atoms with Gasteiger partial charge in [0.1, 0.15) is 52.5 Å². The molecule has 2 aliphatic heterocycles. The van der Waals surface area contributed by atoms with Gasteiger partial charge in [-0.1, -0.05) is 12.2 Å². The number of aliphatic hydroxyl groups excluding tert-OH is 2. The van der Waals surface area contributed by atoms with Crippen LogP contribution in [-0.2, 0) is 23.1 Å². The van der Waals surface area contributed by atoms with Crippen LogP contribution < -0.4 is 0 Å². The van der Waals surface area contributed by atoms with Gasteiger partial charge in [-0.3, -0.25) is 9.05 Å². The topological polar surface area (TPSA) is 94.5 Å². The Bertz CT molecular complexity index is 467. The fourth-order valence-electron chi connectivity index (χ4n) is 2.58. The van der Waals surface area contributed by atoms with Crippen molar-refractivity contribution >= 4 is 34.7 Å². The van der Waals surface area contributed by atoms with Gasteiger partial charge < -0.3 is 19.7 Å². The molecule has 132 valence electrons. The summed E-state index contributed by atoms with van der Waals surface area (Å²) in [5.41, 5.74) is 0. The lowest BCUT2D eigenvalue weighted by molar-refractivity contribution is -0.0154. The standard InChI is InChI=1S/C10H19B2F2O7PS/c11-9-5(13)7(16)4(20-9)2-18-22(17,23)21-8-3(1-15)19-10(12)6(8)14/h3-10,15-16H,1-2,11-12H2,(H,17,23)/t3-,4-,5?,6?,7?,8?,9-,10-,22?/m1/s1. The number of thiol groups is 1. The Hall–Kier alpha value is 0.330. The highest BCUT2D eigenvalue weighted by atomic mass is 32.7. The van der Waals surface area contributed by atoms with Crippen LogP contribution in [0.1, 0.15) is 0 Å². The average Bonchev–Trinajstić information content (AvgIpc) is 2.89. The summed E-state index contributed by atoms with van der Waals surface area (Å²) >= 11 is 3.74. The maximum absolute atomic E-state index is 14.0. The summed E-state index contributed by atoms with van der Waals surface area (Å²) in [7, 11) is 2.90. The van der Waals surface area contributed by atoms with Crippen LogP contribution in [0.4, 0.5) is 8.78 Å². The predicted octanol–water partition coefficient (Wildman–Crippen LogP) is -1.83. The van der Waals surface area contributed by atoms with E-state index >= 15 is 0 Å². The molecular weight excluding hydrogens is 355 g/mol. The molecule has 0 radical (unpaired) electrons. The van der Waals surface area contributed by atoms with Crippen LogP contribution in [0.5, 0.6) is 0 Å². The quantitative estimate of drug-likeness (QED) is 0.286. The van der Waals surface area contributed by atoms with Crippen molar-refractivity contribution in [2.45, 2.75) is 48.8 Å². The number of ether oxygens (including phenoxy) is 2. The fourth-order valence-corrected chi connectivity index (χ4v) is 4.06. The van der Waals surface area contributed by atoms with E-state index in [0.29, 0.717) is 0 Å². The van der Waals surface area contributed by atoms with Crippen molar-refractivity contribution in [1.29, 1.82) is 0 Å². The van der Waals surface area contributed by atoms with E-state index in [2.05, 4.69) is 12.2 Å². The molecule has 2 saturated heterocycles. The predicted molar refractivity (Wildman–Crippen MR) is 84.7 cm³/mol. The van der Waals surface area contributed by atoms with Crippen molar-refractivity contribution in [3.05, 3.63) is 0 Å². The molecule has 0 bridgehead atoms. The summed E-state index contributed by atoms with van der Waals surface area (Å²) in [5.74, 6) is 0. The van der Waals surface area contributed by atoms with E-state index in [1.54, 1.807) is 0 Å². The lowest BCUT2D eigenvalue weighted by Crippen LogP contribution is -2.34. The van der Waals surface area contributed by atoms with Gasteiger partial charge in [-0.05, 0) is 0 Å². The molecule has 2 rings (SSSR count). The molecule has 5 unspecified atom stereocenters. The van der Waals surface area contributed by atoms with Gasteiger partial charge in [-0.25, -0.2) is 13.3 Å². The first-order chi connectivity index (χ1) is 10.7. The second kappa shape index (κ2) is 7.70. The van der Waals surface area contributed by atoms with Gasteiger partial charge in [0.25, 0.3) is 0 Å². The number of aliphatic hydroxyl groups is 2. The molecule has 2 N–H and O–H groups in total. The summed E-state index contributed by atoms with van der Waals surface area (Å²) in [6.45, 7) is -4.98. The SMILES string of the molecule is B[C@@H]1O[C@H](COP(=O)(S)OC2C(F)[C@H](B)O[C@@H]2CO)C(O)C1F. The van der Waals surface area contributed by atoms with E-state index in [-0.39, 0.29) is 0 Å². The number of halogens is 2. The zero-order valence-corrected chi connectivity index (χ0v) is 14.4. The number of hydrogen-bond acceptors (Lipinski definition) is 7. The van der Waals surface area contributed by atoms with Gasteiger partial charge in [-0.2, -0.15) is 0 Å². The van der Waals surface area contributed by atoms with E-state index in [9.17, 15) is 18.5 Å². The highest BCUT2D eigenvalue weighted by Gasteiger charge is 2.47. The lowest BCUT2D eigenvalue weighted by Gasteiger charge is -2.23. The summed E-state index contributed by atoms with van der Waals surface area (Å²) < 4.78 is 59.9. The van der Waals surface area contributed by atoms with E-state index in [1.165, 1.54) is 15.7 Å². The molecule has 0 amide bonds. The monoisotopic (exact) mass is 374 g/mol. The largest absolute Gasteiger partial charge is 0.394 e. The van der Waals surface area contributed by atoms with Crippen LogP contribution in [0.2, 0.25) is 0 Å². The number of hydrogen-bond donors (Lipinski definition) is 3. The molecule has 0 aromatic carbocycles. The third-order valence-electron chi connectivity index (χ3n) is 3.90. The van der Waals surface area contributed by atoms with E-state index in [1.807, 2.05) is 0 Å². The van der Waals surface area contributed by atoms with Gasteiger partial charge in [0.05, 0.1) is 25.2 Å². The molecule has 7 nitrogen and oxygen atoms in total. The van der Waals surface area contributed by atoms with Gasteiger partial charge in [0.15, 0.2) is 0 Å². The maximum Gasteiger partial charge on any atom is 0.386 e. The molecule has 23 heavy (non-hydrogen) atoms. The maximum atomic E-state index is 14.0. The molecule has 0 spiro atoms. The van der Waals surface area contributed by atoms with Crippen molar-refractivity contribution in [1.82, 2.24) is 0 Å². The Kier molecular flexibility index (Phi) is 6.58. The van der Waals surface area contributed by atoms with Crippen LogP contribution >= 0.6 is 19.0 Å². The third-order valence-corrected chi connectivity index (χ3v) is 5.51. The first-order valence-electron chi connectivity index (χ1n) is 7.20. The lowest BCUT2D eigenvalue weighted by atomic mass is 9.94. The van der Waals surface area contributed by atoms with Crippen molar-refractivity contribution in [3.63, 3.8) is 0 Å². The van der Waals surface area contributed by atoms with Gasteiger partial charge in [-0.15, -0.1) is 0 Å². The Balaban J connectivity index is 1.91. The summed E-state index contributed by atoms with van der Waals surface area (Å²) in [6, 6.07) is -1.66. The van der Waals surface area contributed by atoms with Crippen LogP contribution in [0.15, 0.2) is 0 Å². The average molecular weight is 374 g/mol. The van der Waals surface area contributed by atoms with E-state index < -0.39 is 68.8 Å². The molecule has 13 heteroatoms. The van der Waals surface area contributed by atoms with E-state index in [4.69, 9.17) is 23.6 Å². The summed E-state index contributed by atoms with van der Waals surface area (Å²) in [6.07, 6.45) is -7.94. The molecule has 0 aromatic rings. The first-order valence-corrected chi connectivity index (χ1v) is 9.89. The fraction of sp³-hybridized carbons (Fsp3) is 1.00. The molecule has 2 fully saturated rings. The molecular formula is C10H19B2F2O7PS. The molecule has 2 aliphatic rings. The third kappa shape index (κ3) is 4.49. The van der Waals surface area contributed by atoms with Crippen LogP contribution in [0, 0.1) is 0 Å². The Morgan fingerprint density at radius 3 is 2.26 bits per heavy atom. The van der Waals surface area contributed by atoms with Crippen LogP contribution in [-0.4, -0.2) is 87.9 Å². The normalized spacial score (nSPS) is 46.8. The number of alkyl halides is 2. The van der Waals surface area contributed by atoms with E-state index in [0.717, 1.165) is 0 Å². The smallest absolute Gasteiger partial charge is 0.386 e. The highest BCUT2D eigenvalue weighted by molar-refractivity contribution is 8.44. The zero-order valence-electron chi connectivity index (χ0n) is 12.6. The van der Waals surface area contributed by atoms with Gasteiger partial charge >= 0.3 is 6.80 Å². The minimum Gasteiger partial charge on any atom is -0.394 e. The van der Waals surface area contributed by atoms with Gasteiger partial charge in [0.2, 0.25) is 0 Å². The molecule has 0 aliphatic carbocycles. The molecule has 2 heterocycles. The molecule has 0 saturated carbocycles. The summed E-state index contributed by atoms with van der Waals surface area (Å²) in [4.78, 5) is 0. The second-order valence-corrected chi connectivity index (χ2v) is 8.53. The van der Waals surface area contributed by atoms with Crippen LogP contribution in [0.3, 0.4) is 0 Å². The molecule has 0 aromatic heterocycles. The zero-order chi connectivity index (χ0) is 17.4. The van der Waals surface area contributed by atoms with Crippen LogP contribution in [0.25, 0.3) is 0 Å². The Labute approximate surface area is 139 Å². The minimum absolute atomic E-state index is 0.434. The highest BCUT2D eigenvalue weighted by Crippen LogP contribution is 2.56. The van der Waals surface area contributed by atoms with Crippen molar-refractivity contribution in [2.75, 3.05) is 13.2 Å². The second-order valence-electron chi connectivity index (χ2n) is 5.66. The first kappa shape index (κ1) is 19.7.